The predicted molar refractivity (Wildman–Crippen MR) is 68.0 cm³/mol. The third-order valence-corrected chi connectivity index (χ3v) is 4.24. The zero-order valence-corrected chi connectivity index (χ0v) is 10.3. The highest BCUT2D eigenvalue weighted by atomic mass is 16.3. The van der Waals surface area contributed by atoms with Gasteiger partial charge in [-0.2, -0.15) is 0 Å². The second-order valence-electron chi connectivity index (χ2n) is 5.35. The number of hydrogen-bond donors (Lipinski definition) is 1. The quantitative estimate of drug-likeness (QED) is 0.870. The summed E-state index contributed by atoms with van der Waals surface area (Å²) in [5, 5.41) is 9.71. The number of aliphatic hydroxyl groups excluding tert-OH is 1. The average Bonchev–Trinajstić information content (AvgIpc) is 3.00. The van der Waals surface area contributed by atoms with Crippen molar-refractivity contribution >= 4 is 5.69 Å². The van der Waals surface area contributed by atoms with Crippen LogP contribution in [0.15, 0.2) is 18.3 Å². The van der Waals surface area contributed by atoms with E-state index in [0.717, 1.165) is 24.1 Å². The van der Waals surface area contributed by atoms with Gasteiger partial charge in [0.25, 0.3) is 0 Å². The maximum absolute atomic E-state index is 9.71. The van der Waals surface area contributed by atoms with Crippen molar-refractivity contribution in [1.82, 2.24) is 4.98 Å². The fraction of sp³-hybridized carbons (Fsp3) is 0.643. The molecule has 3 atom stereocenters. The monoisotopic (exact) mass is 232 g/mol. The summed E-state index contributed by atoms with van der Waals surface area (Å²) in [5.74, 6) is 0.904. The summed E-state index contributed by atoms with van der Waals surface area (Å²) in [6.07, 6.45) is 6.33. The molecule has 1 N–H and O–H groups in total. The minimum atomic E-state index is -0.418. The van der Waals surface area contributed by atoms with E-state index in [0.29, 0.717) is 0 Å². The molecule has 92 valence electrons. The molecule has 2 bridgehead atoms. The number of aromatic nitrogens is 1. The lowest BCUT2D eigenvalue weighted by Gasteiger charge is -2.29. The van der Waals surface area contributed by atoms with Gasteiger partial charge in [-0.15, -0.1) is 0 Å². The summed E-state index contributed by atoms with van der Waals surface area (Å²) in [6.45, 7) is 3.17. The number of piperidine rings is 1. The zero-order valence-electron chi connectivity index (χ0n) is 10.3. The summed E-state index contributed by atoms with van der Waals surface area (Å²) in [5.41, 5.74) is 2.02. The number of rotatable bonds is 3. The van der Waals surface area contributed by atoms with Gasteiger partial charge < -0.3 is 10.0 Å². The fourth-order valence-corrected chi connectivity index (χ4v) is 3.21. The summed E-state index contributed by atoms with van der Waals surface area (Å²) in [6, 6.07) is 4.82. The van der Waals surface area contributed by atoms with Crippen molar-refractivity contribution in [3.8, 4) is 0 Å². The van der Waals surface area contributed by atoms with Gasteiger partial charge in [0.2, 0.25) is 0 Å². The lowest BCUT2D eigenvalue weighted by atomic mass is 10.1. The van der Waals surface area contributed by atoms with Crippen molar-refractivity contribution in [2.24, 2.45) is 5.92 Å². The number of pyridine rings is 1. The van der Waals surface area contributed by atoms with Crippen LogP contribution in [0.2, 0.25) is 0 Å². The van der Waals surface area contributed by atoms with Crippen LogP contribution in [0.25, 0.3) is 0 Å². The van der Waals surface area contributed by atoms with Gasteiger partial charge in [0.1, 0.15) is 0 Å². The third-order valence-electron chi connectivity index (χ3n) is 4.24. The minimum absolute atomic E-state index is 0.418. The lowest BCUT2D eigenvalue weighted by molar-refractivity contribution is 0.169. The molecule has 2 heterocycles. The van der Waals surface area contributed by atoms with Crippen LogP contribution in [-0.2, 0) is 0 Å². The van der Waals surface area contributed by atoms with Gasteiger partial charge in [-0.3, -0.25) is 4.98 Å². The molecule has 3 nitrogen and oxygen atoms in total. The number of fused-ring (bicyclic) bond motifs is 2. The van der Waals surface area contributed by atoms with E-state index in [1.165, 1.54) is 31.5 Å². The van der Waals surface area contributed by atoms with Crippen molar-refractivity contribution in [2.45, 2.75) is 44.8 Å². The first-order valence-electron chi connectivity index (χ1n) is 6.68. The first-order chi connectivity index (χ1) is 8.28. The molecule has 0 amide bonds. The molecule has 1 aromatic heterocycles. The Bertz CT molecular complexity index is 390. The Kier molecular flexibility index (Phi) is 2.79. The number of aliphatic hydroxyl groups is 1. The topological polar surface area (TPSA) is 36.4 Å². The maximum Gasteiger partial charge on any atom is 0.0957 e. The van der Waals surface area contributed by atoms with Gasteiger partial charge in [-0.1, -0.05) is 6.92 Å². The maximum atomic E-state index is 9.71. The molecule has 2 fully saturated rings. The SMILES string of the molecule is CC[C@@H](O)c1ccc(N2CC3CCC2C3)cn1. The van der Waals surface area contributed by atoms with Crippen LogP contribution in [0.5, 0.6) is 0 Å². The highest BCUT2D eigenvalue weighted by Gasteiger charge is 2.37. The van der Waals surface area contributed by atoms with Gasteiger partial charge in [0.15, 0.2) is 0 Å². The largest absolute Gasteiger partial charge is 0.387 e. The molecular formula is C14H20N2O. The molecule has 0 spiro atoms. The molecule has 1 saturated carbocycles. The Morgan fingerprint density at radius 3 is 2.88 bits per heavy atom. The van der Waals surface area contributed by atoms with Crippen LogP contribution in [0.3, 0.4) is 0 Å². The van der Waals surface area contributed by atoms with Gasteiger partial charge >= 0.3 is 0 Å². The van der Waals surface area contributed by atoms with Crippen molar-refractivity contribution < 1.29 is 5.11 Å². The average molecular weight is 232 g/mol. The molecule has 3 heteroatoms. The van der Waals surface area contributed by atoms with E-state index in [1.54, 1.807) is 0 Å². The molecule has 17 heavy (non-hydrogen) atoms. The number of hydrogen-bond acceptors (Lipinski definition) is 3. The van der Waals surface area contributed by atoms with Crippen molar-refractivity contribution in [2.75, 3.05) is 11.4 Å². The number of nitrogens with zero attached hydrogens (tertiary/aromatic N) is 2. The molecule has 1 aliphatic heterocycles. The van der Waals surface area contributed by atoms with Crippen LogP contribution in [0, 0.1) is 5.92 Å². The molecule has 2 unspecified atom stereocenters. The number of anilines is 1. The lowest BCUT2D eigenvalue weighted by Crippen LogP contribution is -2.31. The molecule has 0 radical (unpaired) electrons. The molecule has 1 aromatic rings. The molecule has 2 aliphatic rings. The Balaban J connectivity index is 1.76. The molecular weight excluding hydrogens is 212 g/mol. The Morgan fingerprint density at radius 1 is 1.47 bits per heavy atom. The second-order valence-corrected chi connectivity index (χ2v) is 5.35. The highest BCUT2D eigenvalue weighted by Crippen LogP contribution is 2.39. The van der Waals surface area contributed by atoms with Crippen molar-refractivity contribution in [3.05, 3.63) is 24.0 Å². The standard InChI is InChI=1S/C14H20N2O/c1-2-14(17)13-6-5-12(8-15-13)16-9-10-3-4-11(16)7-10/h5-6,8,10-11,14,17H,2-4,7,9H2,1H3/t10?,11?,14-/m1/s1. The Morgan fingerprint density at radius 2 is 2.35 bits per heavy atom. The Hall–Kier alpha value is -1.09. The van der Waals surface area contributed by atoms with Crippen LogP contribution < -0.4 is 4.90 Å². The van der Waals surface area contributed by atoms with E-state index in [1.807, 2.05) is 19.2 Å². The summed E-state index contributed by atoms with van der Waals surface area (Å²) >= 11 is 0. The van der Waals surface area contributed by atoms with E-state index in [9.17, 15) is 5.11 Å². The van der Waals surface area contributed by atoms with E-state index in [4.69, 9.17) is 0 Å². The van der Waals surface area contributed by atoms with Gasteiger partial charge in [0.05, 0.1) is 23.7 Å². The third kappa shape index (κ3) is 1.93. The first kappa shape index (κ1) is 11.0. The van der Waals surface area contributed by atoms with Gasteiger partial charge in [-0.25, -0.2) is 0 Å². The van der Waals surface area contributed by atoms with Gasteiger partial charge in [-0.05, 0) is 43.7 Å². The smallest absolute Gasteiger partial charge is 0.0957 e. The van der Waals surface area contributed by atoms with E-state index in [2.05, 4.69) is 16.0 Å². The minimum Gasteiger partial charge on any atom is -0.387 e. The zero-order chi connectivity index (χ0) is 11.8. The van der Waals surface area contributed by atoms with Crippen molar-refractivity contribution in [3.63, 3.8) is 0 Å². The van der Waals surface area contributed by atoms with Crippen LogP contribution in [0.1, 0.15) is 44.4 Å². The second kappa shape index (κ2) is 4.30. The molecule has 0 aromatic carbocycles. The predicted octanol–water partition coefficient (Wildman–Crippen LogP) is 2.51. The fourth-order valence-electron chi connectivity index (χ4n) is 3.21. The summed E-state index contributed by atoms with van der Waals surface area (Å²) in [7, 11) is 0. The van der Waals surface area contributed by atoms with E-state index < -0.39 is 6.10 Å². The molecule has 1 saturated heterocycles. The van der Waals surface area contributed by atoms with Crippen LogP contribution in [-0.4, -0.2) is 22.7 Å². The molecule has 1 aliphatic carbocycles. The Labute approximate surface area is 102 Å². The van der Waals surface area contributed by atoms with Crippen LogP contribution >= 0.6 is 0 Å². The van der Waals surface area contributed by atoms with E-state index >= 15 is 0 Å². The van der Waals surface area contributed by atoms with Crippen LogP contribution in [0.4, 0.5) is 5.69 Å². The molecule has 3 rings (SSSR count). The normalized spacial score (nSPS) is 28.7. The first-order valence-corrected chi connectivity index (χ1v) is 6.68. The summed E-state index contributed by atoms with van der Waals surface area (Å²) in [4.78, 5) is 6.88. The van der Waals surface area contributed by atoms with Crippen molar-refractivity contribution in [1.29, 1.82) is 0 Å². The summed E-state index contributed by atoms with van der Waals surface area (Å²) < 4.78 is 0. The highest BCUT2D eigenvalue weighted by molar-refractivity contribution is 5.48. The van der Waals surface area contributed by atoms with E-state index in [-0.39, 0.29) is 0 Å². The van der Waals surface area contributed by atoms with Gasteiger partial charge in [0, 0.05) is 12.6 Å².